The van der Waals surface area contributed by atoms with Crippen LogP contribution < -0.4 is 9.47 Å². The molecule has 3 N–H and O–H groups in total. The quantitative estimate of drug-likeness (QED) is 0.426. The molecule has 2 aromatic carbocycles. The van der Waals surface area contributed by atoms with Crippen molar-refractivity contribution in [3.63, 3.8) is 0 Å². The average Bonchev–Trinajstić information content (AvgIpc) is 2.57. The summed E-state index contributed by atoms with van der Waals surface area (Å²) in [5.74, 6) is -1.65. The van der Waals surface area contributed by atoms with Gasteiger partial charge in [-0.25, -0.2) is 4.79 Å². The van der Waals surface area contributed by atoms with Crippen LogP contribution in [0.15, 0.2) is 30.3 Å². The van der Waals surface area contributed by atoms with Gasteiger partial charge in [-0.3, -0.25) is 0 Å². The van der Waals surface area contributed by atoms with Gasteiger partial charge in [0.2, 0.25) is 0 Å². The molecular weight excluding hydrogens is 312 g/mol. The van der Waals surface area contributed by atoms with Gasteiger partial charge in [-0.15, -0.1) is 0 Å². The zero-order valence-corrected chi connectivity index (χ0v) is 13.6. The predicted molar refractivity (Wildman–Crippen MR) is 88.0 cm³/mol. The Morgan fingerprint density at radius 1 is 1.08 bits per heavy atom. The van der Waals surface area contributed by atoms with Crippen LogP contribution in [0, 0.1) is 0 Å². The highest BCUT2D eigenvalue weighted by Crippen LogP contribution is 2.36. The molecule has 0 radical (unpaired) electrons. The SMILES string of the molecule is CCCCc1c(OC)cccc1OC(=O)c1cc(O)c(O)c(O)c1. The van der Waals surface area contributed by atoms with E-state index in [1.807, 2.05) is 0 Å². The average molecular weight is 332 g/mol. The maximum Gasteiger partial charge on any atom is 0.343 e. The molecular formula is C18H20O6. The van der Waals surface area contributed by atoms with Crippen LogP contribution in [0.1, 0.15) is 35.7 Å². The standard InChI is InChI=1S/C18H20O6/c1-3-4-6-12-15(23-2)7-5-8-16(12)24-18(22)11-9-13(19)17(21)14(20)10-11/h5,7-10,19-21H,3-4,6H2,1-2H3. The summed E-state index contributed by atoms with van der Waals surface area (Å²) in [5.41, 5.74) is 0.703. The second kappa shape index (κ2) is 7.59. The second-order valence-electron chi connectivity index (χ2n) is 5.29. The van der Waals surface area contributed by atoms with E-state index in [0.29, 0.717) is 17.9 Å². The van der Waals surface area contributed by atoms with E-state index in [1.165, 1.54) is 0 Å². The molecule has 6 nitrogen and oxygen atoms in total. The monoisotopic (exact) mass is 332 g/mol. The topological polar surface area (TPSA) is 96.2 Å². The Hall–Kier alpha value is -2.89. The van der Waals surface area contributed by atoms with Crippen LogP contribution in [0.3, 0.4) is 0 Å². The third-order valence-electron chi connectivity index (χ3n) is 3.60. The molecule has 0 amide bonds. The van der Waals surface area contributed by atoms with Crippen molar-refractivity contribution >= 4 is 5.97 Å². The van der Waals surface area contributed by atoms with E-state index in [0.717, 1.165) is 30.5 Å². The number of rotatable bonds is 6. The molecule has 0 fully saturated rings. The van der Waals surface area contributed by atoms with Gasteiger partial charge < -0.3 is 24.8 Å². The summed E-state index contributed by atoms with van der Waals surface area (Å²) in [7, 11) is 1.55. The highest BCUT2D eigenvalue weighted by atomic mass is 16.5. The van der Waals surface area contributed by atoms with Crippen molar-refractivity contribution in [3.8, 4) is 28.7 Å². The number of hydrogen-bond donors (Lipinski definition) is 3. The zero-order chi connectivity index (χ0) is 17.7. The molecule has 0 unspecified atom stereocenters. The van der Waals surface area contributed by atoms with Gasteiger partial charge in [0.1, 0.15) is 11.5 Å². The van der Waals surface area contributed by atoms with E-state index in [4.69, 9.17) is 9.47 Å². The molecule has 6 heteroatoms. The molecule has 0 aliphatic carbocycles. The molecule has 0 aliphatic rings. The van der Waals surface area contributed by atoms with Crippen molar-refractivity contribution in [2.75, 3.05) is 7.11 Å². The van der Waals surface area contributed by atoms with E-state index in [1.54, 1.807) is 25.3 Å². The van der Waals surface area contributed by atoms with Gasteiger partial charge in [-0.1, -0.05) is 19.4 Å². The Morgan fingerprint density at radius 3 is 2.29 bits per heavy atom. The summed E-state index contributed by atoms with van der Waals surface area (Å²) in [4.78, 5) is 12.3. The molecule has 0 heterocycles. The molecule has 0 saturated heterocycles. The molecule has 0 bridgehead atoms. The minimum absolute atomic E-state index is 0.0768. The van der Waals surface area contributed by atoms with Crippen molar-refractivity contribution in [2.24, 2.45) is 0 Å². The fraction of sp³-hybridized carbons (Fsp3) is 0.278. The van der Waals surface area contributed by atoms with Crippen molar-refractivity contribution in [1.29, 1.82) is 0 Å². The molecule has 0 saturated carbocycles. The summed E-state index contributed by atoms with van der Waals surface area (Å²) in [6, 6.07) is 7.22. The first-order valence-electron chi connectivity index (χ1n) is 7.60. The first-order valence-corrected chi connectivity index (χ1v) is 7.60. The number of carbonyl (C=O) groups excluding carboxylic acids is 1. The molecule has 2 rings (SSSR count). The molecule has 2 aromatic rings. The van der Waals surface area contributed by atoms with E-state index >= 15 is 0 Å². The molecule has 0 spiro atoms. The van der Waals surface area contributed by atoms with Crippen LogP contribution in [0.2, 0.25) is 0 Å². The van der Waals surface area contributed by atoms with Gasteiger partial charge >= 0.3 is 5.97 Å². The Balaban J connectivity index is 2.32. The fourth-order valence-electron chi connectivity index (χ4n) is 2.31. The first kappa shape index (κ1) is 17.5. The Bertz CT molecular complexity index is 715. The smallest absolute Gasteiger partial charge is 0.343 e. The lowest BCUT2D eigenvalue weighted by molar-refractivity contribution is 0.0731. The largest absolute Gasteiger partial charge is 0.504 e. The third-order valence-corrected chi connectivity index (χ3v) is 3.60. The van der Waals surface area contributed by atoms with Crippen LogP contribution in [-0.2, 0) is 6.42 Å². The highest BCUT2D eigenvalue weighted by Gasteiger charge is 2.18. The van der Waals surface area contributed by atoms with Crippen molar-refractivity contribution in [2.45, 2.75) is 26.2 Å². The van der Waals surface area contributed by atoms with E-state index in [2.05, 4.69) is 6.92 Å². The lowest BCUT2D eigenvalue weighted by Crippen LogP contribution is -2.10. The van der Waals surface area contributed by atoms with E-state index in [9.17, 15) is 20.1 Å². The number of methoxy groups -OCH3 is 1. The molecule has 0 aliphatic heterocycles. The van der Waals surface area contributed by atoms with E-state index in [-0.39, 0.29) is 5.56 Å². The maximum absolute atomic E-state index is 12.3. The number of hydrogen-bond acceptors (Lipinski definition) is 6. The number of unbranched alkanes of at least 4 members (excludes halogenated alkanes) is 1. The minimum Gasteiger partial charge on any atom is -0.504 e. The number of esters is 1. The minimum atomic E-state index is -0.758. The van der Waals surface area contributed by atoms with Crippen LogP contribution in [-0.4, -0.2) is 28.4 Å². The summed E-state index contributed by atoms with van der Waals surface area (Å²) < 4.78 is 10.7. The zero-order valence-electron chi connectivity index (χ0n) is 13.6. The van der Waals surface area contributed by atoms with Gasteiger partial charge in [0.25, 0.3) is 0 Å². The highest BCUT2D eigenvalue weighted by molar-refractivity contribution is 5.92. The number of ether oxygens (including phenoxy) is 2. The normalized spacial score (nSPS) is 10.4. The first-order chi connectivity index (χ1) is 11.5. The number of carbonyl (C=O) groups is 1. The molecule has 24 heavy (non-hydrogen) atoms. The van der Waals surface area contributed by atoms with Gasteiger partial charge in [0.05, 0.1) is 12.7 Å². The molecule has 0 aromatic heterocycles. The lowest BCUT2D eigenvalue weighted by atomic mass is 10.1. The Morgan fingerprint density at radius 2 is 1.71 bits per heavy atom. The van der Waals surface area contributed by atoms with Gasteiger partial charge in [-0.05, 0) is 37.1 Å². The number of benzene rings is 2. The Kier molecular flexibility index (Phi) is 5.52. The molecule has 128 valence electrons. The third kappa shape index (κ3) is 3.71. The van der Waals surface area contributed by atoms with Crippen molar-refractivity contribution in [1.82, 2.24) is 0 Å². The molecule has 0 atom stereocenters. The fourth-order valence-corrected chi connectivity index (χ4v) is 2.31. The summed E-state index contributed by atoms with van der Waals surface area (Å²) in [5, 5.41) is 28.4. The van der Waals surface area contributed by atoms with Crippen LogP contribution in [0.5, 0.6) is 28.7 Å². The van der Waals surface area contributed by atoms with Crippen molar-refractivity contribution < 1.29 is 29.6 Å². The van der Waals surface area contributed by atoms with E-state index < -0.39 is 23.2 Å². The number of phenolic OH excluding ortho intramolecular Hbond substituents is 3. The van der Waals surface area contributed by atoms with Crippen molar-refractivity contribution in [3.05, 3.63) is 41.5 Å². The van der Waals surface area contributed by atoms with Gasteiger partial charge in [0, 0.05) is 5.56 Å². The van der Waals surface area contributed by atoms with Gasteiger partial charge in [-0.2, -0.15) is 0 Å². The van der Waals surface area contributed by atoms with Crippen LogP contribution >= 0.6 is 0 Å². The predicted octanol–water partition coefficient (Wildman–Crippen LogP) is 3.37. The van der Waals surface area contributed by atoms with Crippen LogP contribution in [0.4, 0.5) is 0 Å². The summed E-state index contributed by atoms with van der Waals surface area (Å²) in [6.07, 6.45) is 2.58. The van der Waals surface area contributed by atoms with Crippen LogP contribution in [0.25, 0.3) is 0 Å². The number of phenols is 3. The second-order valence-corrected chi connectivity index (χ2v) is 5.29. The lowest BCUT2D eigenvalue weighted by Gasteiger charge is -2.14. The summed E-state index contributed by atoms with van der Waals surface area (Å²) >= 11 is 0. The summed E-state index contributed by atoms with van der Waals surface area (Å²) in [6.45, 7) is 2.06. The Labute approximate surface area is 139 Å². The number of aromatic hydroxyl groups is 3. The maximum atomic E-state index is 12.3. The van der Waals surface area contributed by atoms with Gasteiger partial charge in [0.15, 0.2) is 17.2 Å².